The molecule has 18 heavy (non-hydrogen) atoms. The van der Waals surface area contributed by atoms with Gasteiger partial charge in [-0.3, -0.25) is 9.48 Å². The number of carbonyl (C=O) groups is 1. The molecule has 0 unspecified atom stereocenters. The van der Waals surface area contributed by atoms with Crippen LogP contribution in [0.4, 0.5) is 4.39 Å². The first kappa shape index (κ1) is 12.1. The van der Waals surface area contributed by atoms with Crippen LogP contribution >= 0.6 is 0 Å². The number of nitrogens with zero attached hydrogens (tertiary/aromatic N) is 1. The topological polar surface area (TPSA) is 64.1 Å². The van der Waals surface area contributed by atoms with Gasteiger partial charge in [-0.25, -0.2) is 9.18 Å². The number of benzene rings is 1. The van der Waals surface area contributed by atoms with E-state index in [0.29, 0.717) is 0 Å². The molecule has 0 aliphatic carbocycles. The van der Waals surface area contributed by atoms with Crippen LogP contribution in [0.1, 0.15) is 10.4 Å². The van der Waals surface area contributed by atoms with Crippen molar-refractivity contribution in [1.82, 2.24) is 9.78 Å². The van der Waals surface area contributed by atoms with Crippen LogP contribution in [0.15, 0.2) is 29.2 Å². The minimum Gasteiger partial charge on any atom is -0.465 e. The van der Waals surface area contributed by atoms with E-state index in [1.54, 1.807) is 0 Å². The minimum absolute atomic E-state index is 0.0692. The second kappa shape index (κ2) is 4.48. The number of ether oxygens (including phenoxy) is 1. The molecule has 1 aromatic heterocycles. The molecule has 1 N–H and O–H groups in total. The Labute approximate surface area is 102 Å². The third kappa shape index (κ3) is 1.92. The second-order valence-corrected chi connectivity index (χ2v) is 3.74. The van der Waals surface area contributed by atoms with Crippen molar-refractivity contribution in [2.45, 2.75) is 0 Å². The molecule has 0 saturated heterocycles. The van der Waals surface area contributed by atoms with Crippen LogP contribution in [-0.2, 0) is 11.8 Å². The van der Waals surface area contributed by atoms with Crippen LogP contribution < -0.4 is 5.56 Å². The van der Waals surface area contributed by atoms with E-state index >= 15 is 0 Å². The van der Waals surface area contributed by atoms with Crippen LogP contribution in [0.3, 0.4) is 0 Å². The average Bonchev–Trinajstić information content (AvgIpc) is 2.70. The van der Waals surface area contributed by atoms with E-state index in [2.05, 4.69) is 9.84 Å². The number of hydrogen-bond donors (Lipinski definition) is 1. The maximum absolute atomic E-state index is 13.7. The number of methoxy groups -OCH3 is 1. The Hall–Kier alpha value is -2.37. The summed E-state index contributed by atoms with van der Waals surface area (Å²) >= 11 is 0. The van der Waals surface area contributed by atoms with Crippen molar-refractivity contribution in [2.75, 3.05) is 7.11 Å². The lowest BCUT2D eigenvalue weighted by Crippen LogP contribution is -2.13. The molecule has 1 heterocycles. The van der Waals surface area contributed by atoms with Crippen molar-refractivity contribution in [3.63, 3.8) is 0 Å². The molecule has 0 aliphatic heterocycles. The number of H-pyrrole nitrogens is 1. The summed E-state index contributed by atoms with van der Waals surface area (Å²) in [5, 5.41) is 2.65. The molecule has 2 aromatic rings. The number of aromatic amines is 1. The predicted molar refractivity (Wildman–Crippen MR) is 62.8 cm³/mol. The molecular formula is C12H11FN2O3. The van der Waals surface area contributed by atoms with Crippen LogP contribution in [0.5, 0.6) is 0 Å². The summed E-state index contributed by atoms with van der Waals surface area (Å²) in [7, 11) is 2.76. The quantitative estimate of drug-likeness (QED) is 0.817. The maximum Gasteiger partial charge on any atom is 0.337 e. The molecule has 2 rings (SSSR count). The first-order chi connectivity index (χ1) is 8.54. The molecule has 0 bridgehead atoms. The van der Waals surface area contributed by atoms with Crippen molar-refractivity contribution >= 4 is 5.97 Å². The molecule has 0 amide bonds. The zero-order valence-corrected chi connectivity index (χ0v) is 9.86. The number of hydrogen-bond acceptors (Lipinski definition) is 3. The van der Waals surface area contributed by atoms with Gasteiger partial charge in [-0.1, -0.05) is 0 Å². The van der Waals surface area contributed by atoms with Crippen LogP contribution in [0.2, 0.25) is 0 Å². The Bertz CT molecular complexity index is 658. The highest BCUT2D eigenvalue weighted by Crippen LogP contribution is 2.21. The molecule has 6 heteroatoms. The van der Waals surface area contributed by atoms with Gasteiger partial charge in [-0.15, -0.1) is 0 Å². The number of aryl methyl sites for hydroxylation is 1. The second-order valence-electron chi connectivity index (χ2n) is 3.74. The van der Waals surface area contributed by atoms with E-state index in [4.69, 9.17) is 0 Å². The number of rotatable bonds is 2. The normalized spacial score (nSPS) is 10.4. The van der Waals surface area contributed by atoms with Gasteiger partial charge in [-0.05, 0) is 18.2 Å². The van der Waals surface area contributed by atoms with Gasteiger partial charge in [0.2, 0.25) is 0 Å². The van der Waals surface area contributed by atoms with Gasteiger partial charge in [0, 0.05) is 18.8 Å². The maximum atomic E-state index is 13.7. The standard InChI is InChI=1S/C12H11FN2O3/c1-15-11(16)9(6-14-15)8-5-7(12(17)18-2)3-4-10(8)13/h3-6,14H,1-2H3. The lowest BCUT2D eigenvalue weighted by molar-refractivity contribution is 0.0600. The first-order valence-corrected chi connectivity index (χ1v) is 5.17. The predicted octanol–water partition coefficient (Wildman–Crippen LogP) is 1.31. The Kier molecular flexibility index (Phi) is 3.01. The fourth-order valence-electron chi connectivity index (χ4n) is 1.63. The molecule has 0 atom stereocenters. The van der Waals surface area contributed by atoms with E-state index in [0.717, 1.165) is 6.07 Å². The van der Waals surface area contributed by atoms with Crippen molar-refractivity contribution < 1.29 is 13.9 Å². The monoisotopic (exact) mass is 250 g/mol. The van der Waals surface area contributed by atoms with E-state index in [1.807, 2.05) is 0 Å². The van der Waals surface area contributed by atoms with Gasteiger partial charge in [0.25, 0.3) is 5.56 Å². The number of carbonyl (C=O) groups excluding carboxylic acids is 1. The van der Waals surface area contributed by atoms with Crippen LogP contribution in [0.25, 0.3) is 11.1 Å². The lowest BCUT2D eigenvalue weighted by atomic mass is 10.1. The molecule has 0 spiro atoms. The molecule has 94 valence electrons. The summed E-state index contributed by atoms with van der Waals surface area (Å²) in [5.74, 6) is -1.15. The molecule has 0 radical (unpaired) electrons. The molecular weight excluding hydrogens is 239 g/mol. The molecule has 0 aliphatic rings. The summed E-state index contributed by atoms with van der Waals surface area (Å²) in [6.45, 7) is 0. The Morgan fingerprint density at radius 2 is 2.11 bits per heavy atom. The molecule has 0 saturated carbocycles. The zero-order valence-electron chi connectivity index (χ0n) is 9.86. The fraction of sp³-hybridized carbons (Fsp3) is 0.167. The number of esters is 1. The highest BCUT2D eigenvalue weighted by molar-refractivity contribution is 5.91. The Morgan fingerprint density at radius 1 is 1.39 bits per heavy atom. The molecule has 5 nitrogen and oxygen atoms in total. The van der Waals surface area contributed by atoms with Crippen LogP contribution in [-0.4, -0.2) is 22.9 Å². The summed E-state index contributed by atoms with van der Waals surface area (Å²) in [4.78, 5) is 23.1. The van der Waals surface area contributed by atoms with Crippen molar-refractivity contribution in [3.05, 3.63) is 46.1 Å². The summed E-state index contributed by atoms with van der Waals surface area (Å²) in [5.41, 5.74) is 0.0635. The summed E-state index contributed by atoms with van der Waals surface area (Å²) in [6.07, 6.45) is 1.39. The number of halogens is 1. The third-order valence-corrected chi connectivity index (χ3v) is 2.62. The number of nitrogens with one attached hydrogen (secondary N) is 1. The minimum atomic E-state index is -0.580. The lowest BCUT2D eigenvalue weighted by Gasteiger charge is -2.03. The summed E-state index contributed by atoms with van der Waals surface area (Å²) < 4.78 is 19.5. The van der Waals surface area contributed by atoms with Gasteiger partial charge >= 0.3 is 5.97 Å². The van der Waals surface area contributed by atoms with Gasteiger partial charge in [0.05, 0.1) is 18.2 Å². The largest absolute Gasteiger partial charge is 0.465 e. The van der Waals surface area contributed by atoms with Crippen molar-refractivity contribution in [1.29, 1.82) is 0 Å². The average molecular weight is 250 g/mol. The van der Waals surface area contributed by atoms with Crippen LogP contribution in [0, 0.1) is 5.82 Å². The Balaban J connectivity index is 2.60. The van der Waals surface area contributed by atoms with E-state index in [-0.39, 0.29) is 22.2 Å². The van der Waals surface area contributed by atoms with E-state index in [1.165, 1.54) is 37.2 Å². The van der Waals surface area contributed by atoms with E-state index in [9.17, 15) is 14.0 Å². The smallest absolute Gasteiger partial charge is 0.337 e. The van der Waals surface area contributed by atoms with Gasteiger partial charge in [0.1, 0.15) is 5.82 Å². The highest BCUT2D eigenvalue weighted by atomic mass is 19.1. The highest BCUT2D eigenvalue weighted by Gasteiger charge is 2.15. The fourth-order valence-corrected chi connectivity index (χ4v) is 1.63. The summed E-state index contributed by atoms with van der Waals surface area (Å²) in [6, 6.07) is 3.74. The Morgan fingerprint density at radius 3 is 2.67 bits per heavy atom. The van der Waals surface area contributed by atoms with Crippen molar-refractivity contribution in [2.24, 2.45) is 7.05 Å². The first-order valence-electron chi connectivity index (χ1n) is 5.17. The van der Waals surface area contributed by atoms with E-state index < -0.39 is 11.8 Å². The van der Waals surface area contributed by atoms with Gasteiger partial charge < -0.3 is 9.84 Å². The zero-order chi connectivity index (χ0) is 13.3. The SMILES string of the molecule is COC(=O)c1ccc(F)c(-c2c[nH]n(C)c2=O)c1. The molecule has 1 aromatic carbocycles. The third-order valence-electron chi connectivity index (χ3n) is 2.62. The van der Waals surface area contributed by atoms with Gasteiger partial charge in [-0.2, -0.15) is 0 Å². The van der Waals surface area contributed by atoms with Crippen molar-refractivity contribution in [3.8, 4) is 11.1 Å². The molecule has 0 fully saturated rings. The number of aromatic nitrogens is 2. The van der Waals surface area contributed by atoms with Gasteiger partial charge in [0.15, 0.2) is 0 Å².